The smallest absolute Gasteiger partial charge is 0.258 e. The van der Waals surface area contributed by atoms with E-state index >= 15 is 0 Å². The number of hydrogen-bond acceptors (Lipinski definition) is 7. The number of hydrogen-bond donors (Lipinski definition) is 2. The van der Waals surface area contributed by atoms with E-state index in [1.54, 1.807) is 0 Å². The summed E-state index contributed by atoms with van der Waals surface area (Å²) in [7, 11) is 0. The molecule has 2 aromatic heterocycles. The van der Waals surface area contributed by atoms with Crippen LogP contribution in [0.25, 0.3) is 11.2 Å². The number of aromatic nitrogens is 4. The van der Waals surface area contributed by atoms with Crippen LogP contribution in [0.2, 0.25) is 0 Å². The van der Waals surface area contributed by atoms with Crippen LogP contribution in [0.15, 0.2) is 24.3 Å². The minimum absolute atomic E-state index is 0.0125. The van der Waals surface area contributed by atoms with Gasteiger partial charge in [-0.25, -0.2) is 9.97 Å². The van der Waals surface area contributed by atoms with E-state index in [0.717, 1.165) is 61.7 Å². The van der Waals surface area contributed by atoms with E-state index in [-0.39, 0.29) is 12.1 Å². The van der Waals surface area contributed by atoms with Gasteiger partial charge in [0.05, 0.1) is 6.04 Å². The molecular weight excluding hydrogens is 390 g/mol. The van der Waals surface area contributed by atoms with Crippen LogP contribution in [0, 0.1) is 0 Å². The second kappa shape index (κ2) is 7.67. The van der Waals surface area contributed by atoms with Crippen LogP contribution < -0.4 is 20.3 Å². The van der Waals surface area contributed by atoms with Crippen molar-refractivity contribution in [1.29, 1.82) is 0 Å². The molecule has 0 radical (unpaired) electrons. The van der Waals surface area contributed by atoms with Crippen LogP contribution in [0.5, 0.6) is 5.88 Å². The number of benzene rings is 1. The number of ether oxygens (including phenoxy) is 1. The molecule has 5 heterocycles. The number of aryl methyl sites for hydroxylation is 1. The molecule has 0 unspecified atom stereocenters. The molecular formula is C23H29N7O. The summed E-state index contributed by atoms with van der Waals surface area (Å²) < 4.78 is 6.16. The predicted octanol–water partition coefficient (Wildman–Crippen LogP) is 2.95. The van der Waals surface area contributed by atoms with Crippen LogP contribution in [-0.4, -0.2) is 52.4 Å². The second-order valence-electron chi connectivity index (χ2n) is 8.95. The summed E-state index contributed by atoms with van der Waals surface area (Å²) in [6.07, 6.45) is 6.57. The highest BCUT2D eigenvalue weighted by molar-refractivity contribution is 5.85. The van der Waals surface area contributed by atoms with Crippen LogP contribution in [0.1, 0.15) is 49.3 Å². The van der Waals surface area contributed by atoms with E-state index in [2.05, 4.69) is 44.3 Å². The number of H-pyrrole nitrogens is 1. The van der Waals surface area contributed by atoms with Gasteiger partial charge in [-0.3, -0.25) is 5.10 Å². The molecule has 31 heavy (non-hydrogen) atoms. The fourth-order valence-electron chi connectivity index (χ4n) is 5.32. The fourth-order valence-corrected chi connectivity index (χ4v) is 5.32. The average molecular weight is 420 g/mol. The lowest BCUT2D eigenvalue weighted by Gasteiger charge is -2.37. The van der Waals surface area contributed by atoms with Crippen LogP contribution in [-0.2, 0) is 6.42 Å². The zero-order valence-electron chi connectivity index (χ0n) is 17.8. The molecule has 0 amide bonds. The van der Waals surface area contributed by atoms with Crippen LogP contribution >= 0.6 is 0 Å². The lowest BCUT2D eigenvalue weighted by Crippen LogP contribution is -2.45. The number of nitrogens with one attached hydrogen (secondary N) is 1. The Morgan fingerprint density at radius 2 is 1.87 bits per heavy atom. The standard InChI is InChI=1S/C23H29N7O/c24-18-13-16-14-31-23-22(30(16)12-6-8-15-7-2-3-9-17(15)18)26-20-19(25-23)21(28-27-20)29-10-4-1-5-11-29/h2-3,7,9,16,18H,1,4-6,8,10-14,24H2,(H,26,27,28)/t16-,18+/m1/s1. The predicted molar refractivity (Wildman–Crippen MR) is 121 cm³/mol. The molecule has 6 rings (SSSR count). The molecule has 8 heteroatoms. The Hall–Kier alpha value is -2.87. The molecule has 3 aliphatic heterocycles. The van der Waals surface area contributed by atoms with Crippen LogP contribution in [0.4, 0.5) is 11.6 Å². The molecule has 162 valence electrons. The number of nitrogens with zero attached hydrogens (tertiary/aromatic N) is 5. The third-order valence-electron chi connectivity index (χ3n) is 6.93. The first-order chi connectivity index (χ1) is 15.3. The topological polar surface area (TPSA) is 96.2 Å². The van der Waals surface area contributed by atoms with Gasteiger partial charge < -0.3 is 20.3 Å². The summed E-state index contributed by atoms with van der Waals surface area (Å²) in [5, 5.41) is 7.69. The van der Waals surface area contributed by atoms with E-state index in [4.69, 9.17) is 20.4 Å². The average Bonchev–Trinajstić information content (AvgIpc) is 3.24. The van der Waals surface area contributed by atoms with Gasteiger partial charge in [-0.1, -0.05) is 24.3 Å². The highest BCUT2D eigenvalue weighted by atomic mass is 16.5. The van der Waals surface area contributed by atoms with Gasteiger partial charge in [-0.2, -0.15) is 5.10 Å². The quantitative estimate of drug-likeness (QED) is 0.626. The van der Waals surface area contributed by atoms with Crippen molar-refractivity contribution in [3.05, 3.63) is 35.4 Å². The van der Waals surface area contributed by atoms with Crippen molar-refractivity contribution in [2.45, 2.75) is 50.6 Å². The number of piperidine rings is 1. The molecule has 0 spiro atoms. The Morgan fingerprint density at radius 3 is 2.77 bits per heavy atom. The molecule has 1 saturated heterocycles. The van der Waals surface area contributed by atoms with Gasteiger partial charge in [-0.15, -0.1) is 0 Å². The van der Waals surface area contributed by atoms with E-state index in [0.29, 0.717) is 12.5 Å². The molecule has 0 bridgehead atoms. The summed E-state index contributed by atoms with van der Waals surface area (Å²) in [5.41, 5.74) is 10.8. The third kappa shape index (κ3) is 3.29. The zero-order valence-corrected chi connectivity index (χ0v) is 17.8. The van der Waals surface area contributed by atoms with E-state index < -0.39 is 0 Å². The van der Waals surface area contributed by atoms with Gasteiger partial charge in [0.2, 0.25) is 0 Å². The highest BCUT2D eigenvalue weighted by Crippen LogP contribution is 2.37. The van der Waals surface area contributed by atoms with Crippen molar-refractivity contribution in [2.24, 2.45) is 5.73 Å². The molecule has 3 aliphatic rings. The third-order valence-corrected chi connectivity index (χ3v) is 6.93. The van der Waals surface area contributed by atoms with Gasteiger partial charge in [0.15, 0.2) is 22.8 Å². The van der Waals surface area contributed by atoms with Gasteiger partial charge >= 0.3 is 0 Å². The SMILES string of the molecule is N[C@H]1C[C@@H]2COc3nc4c(N5CCCCC5)n[nH]c4nc3N2CCCc2ccccc21. The summed E-state index contributed by atoms with van der Waals surface area (Å²) >= 11 is 0. The van der Waals surface area contributed by atoms with Crippen molar-refractivity contribution in [3.8, 4) is 5.88 Å². The molecule has 1 aromatic carbocycles. The van der Waals surface area contributed by atoms with E-state index in [1.807, 2.05) is 0 Å². The molecule has 8 nitrogen and oxygen atoms in total. The Labute approximate surface area is 181 Å². The fraction of sp³-hybridized carbons (Fsp3) is 0.522. The largest absolute Gasteiger partial charge is 0.473 e. The molecule has 3 N–H and O–H groups in total. The van der Waals surface area contributed by atoms with E-state index in [9.17, 15) is 0 Å². The van der Waals surface area contributed by atoms with Gasteiger partial charge in [-0.05, 0) is 49.7 Å². The normalized spacial score (nSPS) is 23.8. The Morgan fingerprint density at radius 1 is 1.00 bits per heavy atom. The van der Waals surface area contributed by atoms with Crippen molar-refractivity contribution >= 4 is 22.8 Å². The minimum atomic E-state index is -0.0125. The number of nitrogens with two attached hydrogens (primary N) is 1. The monoisotopic (exact) mass is 419 g/mol. The minimum Gasteiger partial charge on any atom is -0.473 e. The summed E-state index contributed by atoms with van der Waals surface area (Å²) in [5.74, 6) is 2.34. The van der Waals surface area contributed by atoms with Crippen molar-refractivity contribution < 1.29 is 4.74 Å². The van der Waals surface area contributed by atoms with Gasteiger partial charge in [0.25, 0.3) is 5.88 Å². The Bertz CT molecular complexity index is 1090. The maximum absolute atomic E-state index is 6.65. The van der Waals surface area contributed by atoms with Crippen molar-refractivity contribution in [2.75, 3.05) is 36.0 Å². The summed E-state index contributed by atoms with van der Waals surface area (Å²) in [6.45, 7) is 3.54. The Balaban J connectivity index is 1.34. The maximum atomic E-state index is 6.65. The first-order valence-corrected chi connectivity index (χ1v) is 11.5. The van der Waals surface area contributed by atoms with Crippen molar-refractivity contribution in [1.82, 2.24) is 20.2 Å². The maximum Gasteiger partial charge on any atom is 0.258 e. The second-order valence-corrected chi connectivity index (χ2v) is 8.95. The lowest BCUT2D eigenvalue weighted by molar-refractivity contribution is 0.238. The van der Waals surface area contributed by atoms with Gasteiger partial charge in [0.1, 0.15) is 6.61 Å². The number of fused-ring (bicyclic) bond motifs is 5. The number of anilines is 2. The highest BCUT2D eigenvalue weighted by Gasteiger charge is 2.34. The van der Waals surface area contributed by atoms with Gasteiger partial charge in [0, 0.05) is 25.7 Å². The van der Waals surface area contributed by atoms with Crippen molar-refractivity contribution in [3.63, 3.8) is 0 Å². The summed E-state index contributed by atoms with van der Waals surface area (Å²) in [6, 6.07) is 8.74. The number of rotatable bonds is 1. The van der Waals surface area contributed by atoms with Crippen LogP contribution in [0.3, 0.4) is 0 Å². The Kier molecular flexibility index (Phi) is 4.67. The first-order valence-electron chi connectivity index (χ1n) is 11.5. The number of aromatic amines is 1. The first kappa shape index (κ1) is 18.9. The lowest BCUT2D eigenvalue weighted by atomic mass is 9.94. The molecule has 1 fully saturated rings. The zero-order chi connectivity index (χ0) is 20.8. The molecule has 0 aliphatic carbocycles. The van der Waals surface area contributed by atoms with E-state index in [1.165, 1.54) is 30.4 Å². The molecule has 2 atom stereocenters. The molecule has 0 saturated carbocycles. The molecule has 3 aromatic rings. The summed E-state index contributed by atoms with van der Waals surface area (Å²) in [4.78, 5) is 14.5.